The number of benzene rings is 1. The molecule has 0 radical (unpaired) electrons. The van der Waals surface area contributed by atoms with E-state index in [2.05, 4.69) is 61.7 Å². The summed E-state index contributed by atoms with van der Waals surface area (Å²) in [5.41, 5.74) is 1.67. The minimum absolute atomic E-state index is 0.193. The molecule has 2 rings (SSSR count). The van der Waals surface area contributed by atoms with E-state index in [1.807, 2.05) is 0 Å². The lowest BCUT2D eigenvalue weighted by Crippen LogP contribution is -2.48. The normalized spacial score (nSPS) is 23.7. The minimum atomic E-state index is 0.193. The molecule has 0 bridgehead atoms. The smallest absolute Gasteiger partial charge is 0.0249 e. The average Bonchev–Trinajstić information content (AvgIpc) is 3.07. The predicted octanol–water partition coefficient (Wildman–Crippen LogP) is 2.52. The van der Waals surface area contributed by atoms with Gasteiger partial charge in [0, 0.05) is 24.0 Å². The van der Waals surface area contributed by atoms with E-state index >= 15 is 0 Å². The van der Waals surface area contributed by atoms with Gasteiger partial charge in [0.2, 0.25) is 0 Å². The predicted molar refractivity (Wildman–Crippen MR) is 73.3 cm³/mol. The summed E-state index contributed by atoms with van der Waals surface area (Å²) < 4.78 is 0. The van der Waals surface area contributed by atoms with Crippen molar-refractivity contribution in [3.05, 3.63) is 35.9 Å². The first-order valence-corrected chi connectivity index (χ1v) is 6.66. The summed E-state index contributed by atoms with van der Waals surface area (Å²) in [6, 6.07) is 11.5. The monoisotopic (exact) mass is 232 g/mol. The van der Waals surface area contributed by atoms with Gasteiger partial charge in [0.15, 0.2) is 0 Å². The fourth-order valence-electron chi connectivity index (χ4n) is 2.42. The van der Waals surface area contributed by atoms with E-state index in [1.54, 1.807) is 0 Å². The Hall–Kier alpha value is -0.860. The highest BCUT2D eigenvalue weighted by molar-refractivity contribution is 5.27. The molecular formula is C15H24N2. The van der Waals surface area contributed by atoms with E-state index in [0.717, 1.165) is 19.0 Å². The van der Waals surface area contributed by atoms with E-state index < -0.39 is 0 Å². The minimum Gasteiger partial charge on any atom is -0.312 e. The van der Waals surface area contributed by atoms with Crippen molar-refractivity contribution in [2.75, 3.05) is 13.1 Å². The number of rotatable bonds is 6. The van der Waals surface area contributed by atoms with E-state index in [0.29, 0.717) is 6.04 Å². The lowest BCUT2D eigenvalue weighted by molar-refractivity contribution is 0.371. The van der Waals surface area contributed by atoms with Crippen LogP contribution in [0.1, 0.15) is 38.7 Å². The van der Waals surface area contributed by atoms with E-state index in [9.17, 15) is 0 Å². The number of hydrogen-bond donors (Lipinski definition) is 2. The fraction of sp³-hybridized carbons (Fsp3) is 0.600. The summed E-state index contributed by atoms with van der Waals surface area (Å²) in [7, 11) is 0. The molecule has 1 aromatic carbocycles. The van der Waals surface area contributed by atoms with Gasteiger partial charge in [0.1, 0.15) is 0 Å². The van der Waals surface area contributed by atoms with Crippen molar-refractivity contribution < 1.29 is 0 Å². The number of likely N-dealkylation sites (N-methyl/N-ethyl adjacent to an activating group) is 1. The summed E-state index contributed by atoms with van der Waals surface area (Å²) in [6.07, 6.45) is 1.28. The Balaban J connectivity index is 1.77. The van der Waals surface area contributed by atoms with Crippen molar-refractivity contribution in [3.63, 3.8) is 0 Å². The molecule has 0 aromatic heterocycles. The lowest BCUT2D eigenvalue weighted by Gasteiger charge is -2.26. The second-order valence-corrected chi connectivity index (χ2v) is 5.65. The zero-order valence-electron chi connectivity index (χ0n) is 11.2. The molecular weight excluding hydrogens is 208 g/mol. The van der Waals surface area contributed by atoms with Crippen LogP contribution in [0.3, 0.4) is 0 Å². The second kappa shape index (κ2) is 5.19. The highest BCUT2D eigenvalue weighted by atomic mass is 15.1. The van der Waals surface area contributed by atoms with Crippen LogP contribution >= 0.6 is 0 Å². The van der Waals surface area contributed by atoms with Gasteiger partial charge >= 0.3 is 0 Å². The molecule has 0 saturated heterocycles. The van der Waals surface area contributed by atoms with Crippen molar-refractivity contribution in [1.82, 2.24) is 10.6 Å². The van der Waals surface area contributed by atoms with Crippen molar-refractivity contribution >= 4 is 0 Å². The van der Waals surface area contributed by atoms with Gasteiger partial charge in [-0.3, -0.25) is 0 Å². The SMILES string of the molecule is CCNC(C)(C)CNC1CC1c1ccccc1. The molecule has 1 aliphatic rings. The maximum Gasteiger partial charge on any atom is 0.0249 e. The summed E-state index contributed by atoms with van der Waals surface area (Å²) in [5, 5.41) is 7.16. The van der Waals surface area contributed by atoms with Crippen LogP contribution in [0, 0.1) is 0 Å². The summed E-state index contributed by atoms with van der Waals surface area (Å²) >= 11 is 0. The van der Waals surface area contributed by atoms with Gasteiger partial charge in [-0.15, -0.1) is 0 Å². The Bertz CT molecular complexity index is 345. The van der Waals surface area contributed by atoms with Crippen LogP contribution in [-0.4, -0.2) is 24.7 Å². The fourth-order valence-corrected chi connectivity index (χ4v) is 2.42. The van der Waals surface area contributed by atoms with Gasteiger partial charge in [-0.1, -0.05) is 37.3 Å². The number of nitrogens with one attached hydrogen (secondary N) is 2. The van der Waals surface area contributed by atoms with E-state index in [-0.39, 0.29) is 5.54 Å². The molecule has 1 aliphatic carbocycles. The van der Waals surface area contributed by atoms with Gasteiger partial charge in [0.25, 0.3) is 0 Å². The molecule has 1 saturated carbocycles. The first kappa shape index (κ1) is 12.6. The van der Waals surface area contributed by atoms with Crippen molar-refractivity contribution in [3.8, 4) is 0 Å². The Morgan fingerprint density at radius 2 is 1.94 bits per heavy atom. The van der Waals surface area contributed by atoms with Crippen LogP contribution < -0.4 is 10.6 Å². The van der Waals surface area contributed by atoms with Gasteiger partial charge in [-0.25, -0.2) is 0 Å². The standard InChI is InChI=1S/C15H24N2/c1-4-17-15(2,3)11-16-14-10-13(14)12-8-6-5-7-9-12/h5-9,13-14,16-17H,4,10-11H2,1-3H3. The third-order valence-corrected chi connectivity index (χ3v) is 3.48. The van der Waals surface area contributed by atoms with Crippen molar-refractivity contribution in [1.29, 1.82) is 0 Å². The lowest BCUT2D eigenvalue weighted by atomic mass is 10.1. The van der Waals surface area contributed by atoms with Gasteiger partial charge in [0.05, 0.1) is 0 Å². The van der Waals surface area contributed by atoms with Crippen LogP contribution in [0.2, 0.25) is 0 Å². The highest BCUT2D eigenvalue weighted by Crippen LogP contribution is 2.40. The molecule has 1 fully saturated rings. The van der Waals surface area contributed by atoms with Crippen LogP contribution in [0.25, 0.3) is 0 Å². The molecule has 0 amide bonds. The molecule has 0 heterocycles. The van der Waals surface area contributed by atoms with E-state index in [1.165, 1.54) is 12.0 Å². The van der Waals surface area contributed by atoms with Crippen LogP contribution in [0.5, 0.6) is 0 Å². The van der Waals surface area contributed by atoms with Crippen LogP contribution in [-0.2, 0) is 0 Å². The topological polar surface area (TPSA) is 24.1 Å². The van der Waals surface area contributed by atoms with Crippen LogP contribution in [0.4, 0.5) is 0 Å². The zero-order valence-corrected chi connectivity index (χ0v) is 11.2. The Kier molecular flexibility index (Phi) is 3.85. The van der Waals surface area contributed by atoms with Crippen LogP contribution in [0.15, 0.2) is 30.3 Å². The van der Waals surface area contributed by atoms with Crippen molar-refractivity contribution in [2.24, 2.45) is 0 Å². The summed E-state index contributed by atoms with van der Waals surface area (Å²) in [6.45, 7) is 8.73. The Morgan fingerprint density at radius 1 is 1.24 bits per heavy atom. The molecule has 2 atom stereocenters. The molecule has 2 N–H and O–H groups in total. The Labute approximate surface area is 105 Å². The first-order valence-electron chi connectivity index (χ1n) is 6.66. The Morgan fingerprint density at radius 3 is 2.59 bits per heavy atom. The third kappa shape index (κ3) is 3.55. The quantitative estimate of drug-likeness (QED) is 0.787. The zero-order chi connectivity index (χ0) is 12.3. The molecule has 2 unspecified atom stereocenters. The molecule has 1 aromatic rings. The maximum absolute atomic E-state index is 3.67. The van der Waals surface area contributed by atoms with Gasteiger partial charge in [-0.2, -0.15) is 0 Å². The summed E-state index contributed by atoms with van der Waals surface area (Å²) in [5.74, 6) is 0.730. The average molecular weight is 232 g/mol. The maximum atomic E-state index is 3.67. The largest absolute Gasteiger partial charge is 0.312 e. The molecule has 0 spiro atoms. The second-order valence-electron chi connectivity index (χ2n) is 5.65. The van der Waals surface area contributed by atoms with E-state index in [4.69, 9.17) is 0 Å². The third-order valence-electron chi connectivity index (χ3n) is 3.48. The van der Waals surface area contributed by atoms with Gasteiger partial charge < -0.3 is 10.6 Å². The number of hydrogen-bond acceptors (Lipinski definition) is 2. The summed E-state index contributed by atoms with van der Waals surface area (Å²) in [4.78, 5) is 0. The van der Waals surface area contributed by atoms with Gasteiger partial charge in [-0.05, 0) is 32.4 Å². The van der Waals surface area contributed by atoms with Crippen molar-refractivity contribution in [2.45, 2.75) is 44.7 Å². The first-order chi connectivity index (χ1) is 8.12. The molecule has 0 aliphatic heterocycles. The molecule has 94 valence electrons. The highest BCUT2D eigenvalue weighted by Gasteiger charge is 2.38. The molecule has 2 heteroatoms. The molecule has 17 heavy (non-hydrogen) atoms. The molecule has 2 nitrogen and oxygen atoms in total.